The molecule has 0 saturated carbocycles. The second-order valence-corrected chi connectivity index (χ2v) is 10.6. The lowest BCUT2D eigenvalue weighted by Gasteiger charge is -2.40. The average molecular weight is 458 g/mol. The fourth-order valence-corrected chi connectivity index (χ4v) is 6.40. The van der Waals surface area contributed by atoms with Crippen LogP contribution >= 0.6 is 0 Å². The minimum absolute atomic E-state index is 0.0970. The maximum atomic E-state index is 13.5. The monoisotopic (exact) mass is 457 g/mol. The highest BCUT2D eigenvalue weighted by Gasteiger charge is 2.36. The number of ether oxygens (including phenoxy) is 1. The zero-order valence-electron chi connectivity index (χ0n) is 18.4. The summed E-state index contributed by atoms with van der Waals surface area (Å²) in [5.41, 5.74) is 1.60. The van der Waals surface area contributed by atoms with Crippen LogP contribution in [0.3, 0.4) is 0 Å². The number of para-hydroxylation sites is 2. The molecule has 2 saturated heterocycles. The van der Waals surface area contributed by atoms with Crippen molar-refractivity contribution >= 4 is 21.4 Å². The summed E-state index contributed by atoms with van der Waals surface area (Å²) in [7, 11) is -2.91. The van der Waals surface area contributed by atoms with Gasteiger partial charge in [-0.1, -0.05) is 42.5 Å². The Morgan fingerprint density at radius 3 is 2.41 bits per heavy atom. The number of hydrogen-bond donors (Lipinski definition) is 1. The van der Waals surface area contributed by atoms with Crippen LogP contribution in [0.5, 0.6) is 5.75 Å². The van der Waals surface area contributed by atoms with Crippen molar-refractivity contribution in [2.45, 2.75) is 25.4 Å². The van der Waals surface area contributed by atoms with Gasteiger partial charge in [-0.2, -0.15) is 0 Å². The fraction of sp³-hybridized carbons (Fsp3) is 0.458. The second kappa shape index (κ2) is 10.0. The molecule has 2 aliphatic heterocycles. The summed E-state index contributed by atoms with van der Waals surface area (Å²) in [5, 5.41) is 3.07. The minimum Gasteiger partial charge on any atom is -0.492 e. The zero-order valence-corrected chi connectivity index (χ0v) is 19.3. The van der Waals surface area contributed by atoms with E-state index in [0.717, 1.165) is 18.7 Å². The van der Waals surface area contributed by atoms with Gasteiger partial charge in [-0.15, -0.1) is 0 Å². The number of piperazine rings is 1. The van der Waals surface area contributed by atoms with Crippen LogP contribution in [-0.4, -0.2) is 74.5 Å². The van der Waals surface area contributed by atoms with Crippen molar-refractivity contribution < 1.29 is 17.9 Å². The van der Waals surface area contributed by atoms with Crippen LogP contribution in [0.2, 0.25) is 0 Å². The van der Waals surface area contributed by atoms with E-state index >= 15 is 0 Å². The van der Waals surface area contributed by atoms with Gasteiger partial charge in [0.05, 0.1) is 23.8 Å². The maximum Gasteiger partial charge on any atom is 0.246 e. The van der Waals surface area contributed by atoms with Gasteiger partial charge in [0.2, 0.25) is 5.91 Å². The molecule has 8 heteroatoms. The summed E-state index contributed by atoms with van der Waals surface area (Å²) >= 11 is 0. The quantitative estimate of drug-likeness (QED) is 0.689. The summed E-state index contributed by atoms with van der Waals surface area (Å²) in [6.07, 6.45) is 0.707. The minimum atomic E-state index is -2.91. The Morgan fingerprint density at radius 1 is 1.06 bits per heavy atom. The Bertz CT molecular complexity index is 1020. The van der Waals surface area contributed by atoms with E-state index in [2.05, 4.69) is 15.1 Å². The van der Waals surface area contributed by atoms with Crippen molar-refractivity contribution in [3.63, 3.8) is 0 Å². The zero-order chi connectivity index (χ0) is 22.6. The maximum absolute atomic E-state index is 13.5. The number of carbonyl (C=O) groups is 1. The number of nitrogens with zero attached hydrogens (tertiary/aromatic N) is 2. The lowest BCUT2D eigenvalue weighted by Crippen LogP contribution is -2.53. The number of hydrogen-bond acceptors (Lipinski definition) is 6. The van der Waals surface area contributed by atoms with Crippen LogP contribution < -0.4 is 10.1 Å². The van der Waals surface area contributed by atoms with E-state index < -0.39 is 15.9 Å². The molecule has 0 aliphatic carbocycles. The predicted octanol–water partition coefficient (Wildman–Crippen LogP) is 2.57. The van der Waals surface area contributed by atoms with E-state index in [1.54, 1.807) is 0 Å². The van der Waals surface area contributed by atoms with E-state index in [1.165, 1.54) is 0 Å². The molecule has 2 atom stereocenters. The van der Waals surface area contributed by atoms with Gasteiger partial charge in [-0.25, -0.2) is 8.42 Å². The highest BCUT2D eigenvalue weighted by Crippen LogP contribution is 2.29. The van der Waals surface area contributed by atoms with Gasteiger partial charge in [0, 0.05) is 32.2 Å². The molecule has 2 aliphatic rings. The average Bonchev–Trinajstić information content (AvgIpc) is 3.16. The third-order valence-corrected chi connectivity index (χ3v) is 8.00. The van der Waals surface area contributed by atoms with E-state index in [9.17, 15) is 13.2 Å². The van der Waals surface area contributed by atoms with E-state index in [1.807, 2.05) is 61.5 Å². The Labute approximate surface area is 190 Å². The van der Waals surface area contributed by atoms with Crippen molar-refractivity contribution in [3.05, 3.63) is 60.2 Å². The molecule has 0 radical (unpaired) electrons. The first-order valence-electron chi connectivity index (χ1n) is 11.2. The van der Waals surface area contributed by atoms with Crippen molar-refractivity contribution in [1.82, 2.24) is 9.80 Å². The molecule has 2 unspecified atom stereocenters. The van der Waals surface area contributed by atoms with Crippen molar-refractivity contribution in [2.24, 2.45) is 0 Å². The van der Waals surface area contributed by atoms with Crippen LogP contribution in [0.15, 0.2) is 54.6 Å². The Hall–Kier alpha value is -2.42. The van der Waals surface area contributed by atoms with Gasteiger partial charge in [-0.05, 0) is 31.0 Å². The largest absolute Gasteiger partial charge is 0.492 e. The molecular formula is C24H31N3O4S. The smallest absolute Gasteiger partial charge is 0.246 e. The van der Waals surface area contributed by atoms with E-state index in [-0.39, 0.29) is 23.5 Å². The highest BCUT2D eigenvalue weighted by atomic mass is 32.2. The molecule has 32 heavy (non-hydrogen) atoms. The first kappa shape index (κ1) is 22.8. The lowest BCUT2D eigenvalue weighted by atomic mass is 10.0. The van der Waals surface area contributed by atoms with Crippen molar-refractivity contribution in [1.29, 1.82) is 0 Å². The normalized spacial score (nSPS) is 22.3. The molecule has 2 aromatic carbocycles. The van der Waals surface area contributed by atoms with E-state index in [4.69, 9.17) is 4.74 Å². The molecule has 172 valence electrons. The third-order valence-electron chi connectivity index (χ3n) is 6.25. The summed E-state index contributed by atoms with van der Waals surface area (Å²) < 4.78 is 29.4. The van der Waals surface area contributed by atoms with Crippen LogP contribution in [-0.2, 0) is 14.6 Å². The topological polar surface area (TPSA) is 79.0 Å². The number of benzene rings is 2. The van der Waals surface area contributed by atoms with Gasteiger partial charge >= 0.3 is 0 Å². The van der Waals surface area contributed by atoms with Gasteiger partial charge in [-0.3, -0.25) is 14.6 Å². The standard InChI is InChI=1S/C24H31N3O4S/c1-2-31-22-11-7-6-10-21(22)25-24(28)23(19-8-4-3-5-9-19)27-15-13-26(14-16-27)20-12-17-32(29,30)18-20/h3-11,20,23H,2,12-18H2,1H3,(H,25,28). The summed E-state index contributed by atoms with van der Waals surface area (Å²) in [6.45, 7) is 5.36. The van der Waals surface area contributed by atoms with Gasteiger partial charge in [0.25, 0.3) is 0 Å². The number of sulfone groups is 1. The van der Waals surface area contributed by atoms with Gasteiger partial charge in [0.15, 0.2) is 9.84 Å². The first-order valence-corrected chi connectivity index (χ1v) is 13.0. The molecule has 4 rings (SSSR count). The molecule has 1 amide bonds. The molecule has 2 aromatic rings. The second-order valence-electron chi connectivity index (χ2n) is 8.36. The Kier molecular flexibility index (Phi) is 7.13. The number of amides is 1. The van der Waals surface area contributed by atoms with Crippen molar-refractivity contribution in [3.8, 4) is 5.75 Å². The number of nitrogens with one attached hydrogen (secondary N) is 1. The van der Waals surface area contributed by atoms with Crippen LogP contribution in [0.1, 0.15) is 24.9 Å². The number of rotatable bonds is 7. The Morgan fingerprint density at radius 2 is 1.75 bits per heavy atom. The molecule has 7 nitrogen and oxygen atoms in total. The van der Waals surface area contributed by atoms with Crippen molar-refractivity contribution in [2.75, 3.05) is 49.6 Å². The molecule has 0 bridgehead atoms. The number of carbonyl (C=O) groups excluding carboxylic acids is 1. The predicted molar refractivity (Wildman–Crippen MR) is 126 cm³/mol. The fourth-order valence-electron chi connectivity index (χ4n) is 4.64. The molecule has 0 aromatic heterocycles. The number of anilines is 1. The third kappa shape index (κ3) is 5.31. The lowest BCUT2D eigenvalue weighted by molar-refractivity contribution is -0.122. The summed E-state index contributed by atoms with van der Waals surface area (Å²) in [5.74, 6) is 1.10. The van der Waals surface area contributed by atoms with Crippen LogP contribution in [0, 0.1) is 0 Å². The SMILES string of the molecule is CCOc1ccccc1NC(=O)C(c1ccccc1)N1CCN(C2CCS(=O)(=O)C2)CC1. The summed E-state index contributed by atoms with van der Waals surface area (Å²) in [4.78, 5) is 17.9. The van der Waals surface area contributed by atoms with Gasteiger partial charge in [0.1, 0.15) is 11.8 Å². The molecule has 2 heterocycles. The van der Waals surface area contributed by atoms with Gasteiger partial charge < -0.3 is 10.1 Å². The summed E-state index contributed by atoms with van der Waals surface area (Å²) in [6, 6.07) is 16.9. The highest BCUT2D eigenvalue weighted by molar-refractivity contribution is 7.91. The van der Waals surface area contributed by atoms with Crippen LogP contribution in [0.4, 0.5) is 5.69 Å². The molecule has 0 spiro atoms. The Balaban J connectivity index is 1.49. The molecular weight excluding hydrogens is 426 g/mol. The van der Waals surface area contributed by atoms with Crippen LogP contribution in [0.25, 0.3) is 0 Å². The first-order chi connectivity index (χ1) is 15.5. The van der Waals surface area contributed by atoms with E-state index in [0.29, 0.717) is 37.6 Å². The molecule has 2 fully saturated rings. The molecule has 1 N–H and O–H groups in total.